The second kappa shape index (κ2) is 8.13. The highest BCUT2D eigenvalue weighted by atomic mass is 16.6. The summed E-state index contributed by atoms with van der Waals surface area (Å²) in [5.74, 6) is -0.459. The predicted octanol–water partition coefficient (Wildman–Crippen LogP) is 2.72. The van der Waals surface area contributed by atoms with Crippen molar-refractivity contribution in [3.63, 3.8) is 0 Å². The summed E-state index contributed by atoms with van der Waals surface area (Å²) in [6.45, 7) is 2.21. The summed E-state index contributed by atoms with van der Waals surface area (Å²) < 4.78 is 9.55. The molecule has 3 aromatic rings. The van der Waals surface area contributed by atoms with Gasteiger partial charge in [0.1, 0.15) is 12.2 Å². The highest BCUT2D eigenvalue weighted by Gasteiger charge is 2.26. The van der Waals surface area contributed by atoms with Crippen molar-refractivity contribution in [1.82, 2.24) is 10.3 Å². The molecule has 0 saturated heterocycles. The topological polar surface area (TPSA) is 132 Å². The zero-order valence-electron chi connectivity index (χ0n) is 14.5. The molecule has 0 saturated carbocycles. The minimum absolute atomic E-state index is 0.00980. The summed E-state index contributed by atoms with van der Waals surface area (Å²) in [7, 11) is 0. The van der Waals surface area contributed by atoms with Crippen LogP contribution in [0.4, 0.5) is 17.1 Å². The highest BCUT2D eigenvalue weighted by Crippen LogP contribution is 2.37. The summed E-state index contributed by atoms with van der Waals surface area (Å²) in [5, 5.41) is 24.8. The zero-order valence-corrected chi connectivity index (χ0v) is 14.5. The van der Waals surface area contributed by atoms with Gasteiger partial charge in [-0.3, -0.25) is 14.9 Å². The van der Waals surface area contributed by atoms with Crippen LogP contribution < -0.4 is 10.6 Å². The molecule has 0 fully saturated rings. The summed E-state index contributed by atoms with van der Waals surface area (Å²) in [6.07, 6.45) is 0. The number of esters is 1. The third-order valence-corrected chi connectivity index (χ3v) is 3.75. The van der Waals surface area contributed by atoms with E-state index in [1.54, 1.807) is 6.92 Å². The fraction of sp³-hybridized carbons (Fsp3) is 0.235. The second-order valence-electron chi connectivity index (χ2n) is 5.54. The molecule has 0 unspecified atom stereocenters. The Balaban J connectivity index is 1.93. The highest BCUT2D eigenvalue weighted by molar-refractivity contribution is 6.00. The van der Waals surface area contributed by atoms with Crippen molar-refractivity contribution >= 4 is 34.1 Å². The molecule has 3 rings (SSSR count). The number of nitro groups is 1. The van der Waals surface area contributed by atoms with Gasteiger partial charge < -0.3 is 15.4 Å². The van der Waals surface area contributed by atoms with Gasteiger partial charge >= 0.3 is 11.7 Å². The Labute approximate surface area is 153 Å². The summed E-state index contributed by atoms with van der Waals surface area (Å²) in [5.41, 5.74) is 1.47. The Morgan fingerprint density at radius 3 is 2.63 bits per heavy atom. The molecule has 27 heavy (non-hydrogen) atoms. The van der Waals surface area contributed by atoms with E-state index in [0.29, 0.717) is 12.2 Å². The van der Waals surface area contributed by atoms with E-state index < -0.39 is 10.9 Å². The SMILES string of the molecule is CCOC(=O)CNc1cc(NCc2ccccc2)c([N+](=O)[O-])c2nonc12. The van der Waals surface area contributed by atoms with Gasteiger partial charge in [0, 0.05) is 6.54 Å². The molecule has 0 aliphatic heterocycles. The summed E-state index contributed by atoms with van der Waals surface area (Å²) >= 11 is 0. The van der Waals surface area contributed by atoms with Gasteiger partial charge in [-0.1, -0.05) is 30.3 Å². The first-order chi connectivity index (χ1) is 13.1. The maximum Gasteiger partial charge on any atom is 0.325 e. The van der Waals surface area contributed by atoms with E-state index in [9.17, 15) is 14.9 Å². The lowest BCUT2D eigenvalue weighted by atomic mass is 10.1. The minimum atomic E-state index is -0.547. The van der Waals surface area contributed by atoms with Crippen molar-refractivity contribution in [1.29, 1.82) is 0 Å². The van der Waals surface area contributed by atoms with Crippen LogP contribution >= 0.6 is 0 Å². The van der Waals surface area contributed by atoms with Crippen molar-refractivity contribution in [2.45, 2.75) is 13.5 Å². The van der Waals surface area contributed by atoms with E-state index >= 15 is 0 Å². The van der Waals surface area contributed by atoms with Gasteiger partial charge in [0.15, 0.2) is 5.52 Å². The second-order valence-corrected chi connectivity index (χ2v) is 5.54. The molecule has 0 radical (unpaired) electrons. The molecule has 0 spiro atoms. The lowest BCUT2D eigenvalue weighted by Gasteiger charge is -2.11. The number of anilines is 2. The van der Waals surface area contributed by atoms with Crippen LogP contribution in [0.15, 0.2) is 41.0 Å². The molecule has 0 atom stereocenters. The Morgan fingerprint density at radius 2 is 1.93 bits per heavy atom. The lowest BCUT2D eigenvalue weighted by molar-refractivity contribution is -0.382. The fourth-order valence-electron chi connectivity index (χ4n) is 2.56. The molecule has 1 aromatic heterocycles. The van der Waals surface area contributed by atoms with Crippen LogP contribution in [-0.4, -0.2) is 34.4 Å². The third-order valence-electron chi connectivity index (χ3n) is 3.75. The lowest BCUT2D eigenvalue weighted by Crippen LogP contribution is -2.17. The van der Waals surface area contributed by atoms with Crippen LogP contribution in [0.25, 0.3) is 11.0 Å². The number of rotatable bonds is 8. The number of hydrogen-bond acceptors (Lipinski definition) is 9. The van der Waals surface area contributed by atoms with Crippen molar-refractivity contribution in [2.24, 2.45) is 0 Å². The van der Waals surface area contributed by atoms with Crippen LogP contribution in [0.3, 0.4) is 0 Å². The zero-order chi connectivity index (χ0) is 19.2. The van der Waals surface area contributed by atoms with Crippen LogP contribution in [0.1, 0.15) is 12.5 Å². The number of aromatic nitrogens is 2. The Hall–Kier alpha value is -3.69. The number of carbonyl (C=O) groups excluding carboxylic acids is 1. The number of ether oxygens (including phenoxy) is 1. The number of nitro benzene ring substituents is 1. The smallest absolute Gasteiger partial charge is 0.325 e. The number of hydrogen-bond donors (Lipinski definition) is 2. The Bertz CT molecular complexity index is 957. The standard InChI is InChI=1S/C17H17N5O5/c1-2-26-14(23)10-19-12-8-13(18-9-11-6-4-3-5-7-11)17(22(24)25)16-15(12)20-27-21-16/h3-8,18-19H,2,9-10H2,1H3. The first-order valence-corrected chi connectivity index (χ1v) is 8.21. The van der Waals surface area contributed by atoms with Gasteiger partial charge in [0.05, 0.1) is 17.2 Å². The predicted molar refractivity (Wildman–Crippen MR) is 97.3 cm³/mol. The third kappa shape index (κ3) is 4.11. The van der Waals surface area contributed by atoms with Crippen LogP contribution in [0, 0.1) is 10.1 Å². The maximum absolute atomic E-state index is 11.6. The van der Waals surface area contributed by atoms with E-state index in [0.717, 1.165) is 5.56 Å². The number of nitrogens with one attached hydrogen (secondary N) is 2. The van der Waals surface area contributed by atoms with E-state index in [2.05, 4.69) is 25.6 Å². The quantitative estimate of drug-likeness (QED) is 0.348. The molecular formula is C17H17N5O5. The van der Waals surface area contributed by atoms with Gasteiger partial charge in [0.2, 0.25) is 5.52 Å². The normalized spacial score (nSPS) is 10.6. The number of nitrogens with zero attached hydrogens (tertiary/aromatic N) is 3. The van der Waals surface area contributed by atoms with Crippen molar-refractivity contribution in [2.75, 3.05) is 23.8 Å². The molecule has 1 heterocycles. The Kier molecular flexibility index (Phi) is 5.45. The molecule has 140 valence electrons. The maximum atomic E-state index is 11.6. The summed E-state index contributed by atoms with van der Waals surface area (Å²) in [4.78, 5) is 22.6. The monoisotopic (exact) mass is 371 g/mol. The average Bonchev–Trinajstić information content (AvgIpc) is 3.14. The van der Waals surface area contributed by atoms with Crippen molar-refractivity contribution in [3.05, 3.63) is 52.1 Å². The summed E-state index contributed by atoms with van der Waals surface area (Å²) in [6, 6.07) is 10.9. The van der Waals surface area contributed by atoms with E-state index in [1.807, 2.05) is 30.3 Å². The molecule has 10 nitrogen and oxygen atoms in total. The molecule has 0 aliphatic carbocycles. The van der Waals surface area contributed by atoms with E-state index in [1.165, 1.54) is 6.07 Å². The van der Waals surface area contributed by atoms with E-state index in [4.69, 9.17) is 4.74 Å². The first kappa shape index (κ1) is 18.1. The average molecular weight is 371 g/mol. The number of carbonyl (C=O) groups is 1. The van der Waals surface area contributed by atoms with Crippen LogP contribution in [0.2, 0.25) is 0 Å². The Morgan fingerprint density at radius 1 is 1.19 bits per heavy atom. The number of fused-ring (bicyclic) bond motifs is 1. The largest absolute Gasteiger partial charge is 0.465 e. The molecule has 10 heteroatoms. The van der Waals surface area contributed by atoms with Gasteiger partial charge in [0.25, 0.3) is 0 Å². The molecular weight excluding hydrogens is 354 g/mol. The molecule has 0 bridgehead atoms. The molecule has 0 amide bonds. The van der Waals surface area contributed by atoms with Crippen molar-refractivity contribution < 1.29 is 19.1 Å². The van der Waals surface area contributed by atoms with Gasteiger partial charge in [-0.2, -0.15) is 0 Å². The first-order valence-electron chi connectivity index (χ1n) is 8.21. The van der Waals surface area contributed by atoms with Gasteiger partial charge in [-0.25, -0.2) is 4.63 Å². The van der Waals surface area contributed by atoms with Crippen molar-refractivity contribution in [3.8, 4) is 0 Å². The van der Waals surface area contributed by atoms with E-state index in [-0.39, 0.29) is 35.6 Å². The van der Waals surface area contributed by atoms with Gasteiger partial charge in [-0.05, 0) is 28.9 Å². The van der Waals surface area contributed by atoms with Crippen LogP contribution in [0.5, 0.6) is 0 Å². The molecule has 2 N–H and O–H groups in total. The number of benzene rings is 2. The van der Waals surface area contributed by atoms with Crippen LogP contribution in [-0.2, 0) is 16.1 Å². The molecule has 2 aromatic carbocycles. The fourth-order valence-corrected chi connectivity index (χ4v) is 2.56. The van der Waals surface area contributed by atoms with Gasteiger partial charge in [-0.15, -0.1) is 0 Å². The molecule has 0 aliphatic rings. The minimum Gasteiger partial charge on any atom is -0.465 e.